The lowest BCUT2D eigenvalue weighted by Gasteiger charge is -2.20. The second-order valence-corrected chi connectivity index (χ2v) is 8.89. The van der Waals surface area contributed by atoms with E-state index in [0.29, 0.717) is 42.2 Å². The number of halogens is 1. The lowest BCUT2D eigenvalue weighted by Crippen LogP contribution is -2.23. The Labute approximate surface area is 209 Å². The molecule has 36 heavy (non-hydrogen) atoms. The molecule has 0 saturated carbocycles. The lowest BCUT2D eigenvalue weighted by atomic mass is 9.97. The number of aromatic amines is 1. The zero-order valence-corrected chi connectivity index (χ0v) is 20.8. The molecule has 4 rings (SSSR count). The molecule has 1 aromatic carbocycles. The number of hydrogen-bond donors (Lipinski definition) is 1. The van der Waals surface area contributed by atoms with Crippen molar-refractivity contribution in [1.29, 1.82) is 0 Å². The van der Waals surface area contributed by atoms with Gasteiger partial charge in [-0.15, -0.1) is 0 Å². The topological polar surface area (TPSA) is 96.9 Å². The van der Waals surface area contributed by atoms with Gasteiger partial charge in [-0.2, -0.15) is 5.10 Å². The minimum absolute atomic E-state index is 0.254. The van der Waals surface area contributed by atoms with Crippen LogP contribution in [0.5, 0.6) is 5.75 Å². The number of aldehydes is 1. The molecule has 0 saturated heterocycles. The van der Waals surface area contributed by atoms with E-state index in [9.17, 15) is 9.18 Å². The van der Waals surface area contributed by atoms with Gasteiger partial charge in [-0.25, -0.2) is 14.4 Å². The standard InChI is InChI=1S/C27H29FN6O2/c1-17(2)25-31-26(33-32-25)23-8-7-18(15-30-23)12-20-13-21(16-35)19(14-24(20)36-4)9-11-34(3)27-22(28)6-5-10-29-27/h5-8,10,13-17H,9,11-12H2,1-4H3,(H,31,32,33). The molecule has 1 N–H and O–H groups in total. The number of methoxy groups -OCH3 is 1. The summed E-state index contributed by atoms with van der Waals surface area (Å²) in [6, 6.07) is 10.5. The Morgan fingerprint density at radius 2 is 2.00 bits per heavy atom. The third-order valence-corrected chi connectivity index (χ3v) is 5.98. The fourth-order valence-electron chi connectivity index (χ4n) is 3.92. The molecule has 0 radical (unpaired) electrons. The number of aromatic nitrogens is 5. The van der Waals surface area contributed by atoms with Crippen LogP contribution in [0.15, 0.2) is 48.8 Å². The first-order valence-electron chi connectivity index (χ1n) is 11.7. The van der Waals surface area contributed by atoms with E-state index in [2.05, 4.69) is 25.1 Å². The fourth-order valence-corrected chi connectivity index (χ4v) is 3.92. The average molecular weight is 489 g/mol. The maximum Gasteiger partial charge on any atom is 0.199 e. The summed E-state index contributed by atoms with van der Waals surface area (Å²) in [5, 5.41) is 7.19. The maximum absolute atomic E-state index is 14.1. The number of nitrogens with one attached hydrogen (secondary N) is 1. The average Bonchev–Trinajstić information content (AvgIpc) is 3.39. The highest BCUT2D eigenvalue weighted by Crippen LogP contribution is 2.27. The zero-order chi connectivity index (χ0) is 25.7. The number of pyridine rings is 2. The predicted octanol–water partition coefficient (Wildman–Crippen LogP) is 4.62. The summed E-state index contributed by atoms with van der Waals surface area (Å²) in [5.41, 5.74) is 3.93. The van der Waals surface area contributed by atoms with E-state index < -0.39 is 0 Å². The molecule has 0 aliphatic rings. The Kier molecular flexibility index (Phi) is 7.68. The van der Waals surface area contributed by atoms with E-state index >= 15 is 0 Å². The van der Waals surface area contributed by atoms with Crippen LogP contribution in [0.1, 0.15) is 52.6 Å². The van der Waals surface area contributed by atoms with E-state index in [4.69, 9.17) is 4.74 Å². The summed E-state index contributed by atoms with van der Waals surface area (Å²) >= 11 is 0. The van der Waals surface area contributed by atoms with Crippen LogP contribution >= 0.6 is 0 Å². The second kappa shape index (κ2) is 11.1. The van der Waals surface area contributed by atoms with Crippen molar-refractivity contribution in [3.05, 3.63) is 82.7 Å². The largest absolute Gasteiger partial charge is 0.496 e. The van der Waals surface area contributed by atoms with Gasteiger partial charge < -0.3 is 9.64 Å². The van der Waals surface area contributed by atoms with Crippen molar-refractivity contribution in [3.63, 3.8) is 0 Å². The number of carbonyl (C=O) groups excluding carboxylic acids is 1. The SMILES string of the molecule is COc1cc(CCN(C)c2ncccc2F)c(C=O)cc1Cc1ccc(-c2n[nH]c(C(C)C)n2)nc1. The van der Waals surface area contributed by atoms with Gasteiger partial charge in [-0.3, -0.25) is 14.9 Å². The van der Waals surface area contributed by atoms with Crippen molar-refractivity contribution in [3.8, 4) is 17.3 Å². The molecule has 0 fully saturated rings. The fraction of sp³-hybridized carbons (Fsp3) is 0.296. The molecule has 3 aromatic heterocycles. The molecule has 0 amide bonds. The molecular formula is C27H29FN6O2. The number of carbonyl (C=O) groups is 1. The van der Waals surface area contributed by atoms with Crippen LogP contribution in [-0.4, -0.2) is 52.1 Å². The Morgan fingerprint density at radius 3 is 2.64 bits per heavy atom. The molecule has 0 spiro atoms. The van der Waals surface area contributed by atoms with Gasteiger partial charge in [-0.1, -0.05) is 19.9 Å². The zero-order valence-electron chi connectivity index (χ0n) is 20.8. The number of benzene rings is 1. The molecule has 0 bridgehead atoms. The highest BCUT2D eigenvalue weighted by atomic mass is 19.1. The highest BCUT2D eigenvalue weighted by molar-refractivity contribution is 5.78. The summed E-state index contributed by atoms with van der Waals surface area (Å²) in [4.78, 5) is 26.7. The number of rotatable bonds is 10. The van der Waals surface area contributed by atoms with Crippen LogP contribution in [0.25, 0.3) is 11.5 Å². The van der Waals surface area contributed by atoms with Crippen molar-refractivity contribution >= 4 is 12.1 Å². The van der Waals surface area contributed by atoms with Crippen LogP contribution in [0.3, 0.4) is 0 Å². The molecule has 0 unspecified atom stereocenters. The lowest BCUT2D eigenvalue weighted by molar-refractivity contribution is 0.112. The third-order valence-electron chi connectivity index (χ3n) is 5.98. The number of likely N-dealkylation sites (N-methyl/N-ethyl adjacent to an activating group) is 1. The van der Waals surface area contributed by atoms with Gasteiger partial charge in [0, 0.05) is 43.9 Å². The molecule has 186 valence electrons. The number of H-pyrrole nitrogens is 1. The first kappa shape index (κ1) is 25.0. The first-order valence-corrected chi connectivity index (χ1v) is 11.7. The van der Waals surface area contributed by atoms with Gasteiger partial charge in [0.1, 0.15) is 23.6 Å². The molecule has 3 heterocycles. The van der Waals surface area contributed by atoms with Crippen molar-refractivity contribution in [1.82, 2.24) is 25.1 Å². The normalized spacial score (nSPS) is 11.1. The van der Waals surface area contributed by atoms with Gasteiger partial charge in [-0.05, 0) is 53.4 Å². The number of hydrogen-bond acceptors (Lipinski definition) is 7. The molecule has 9 heteroatoms. The van der Waals surface area contributed by atoms with Crippen LogP contribution in [0, 0.1) is 5.82 Å². The number of nitrogens with zero attached hydrogens (tertiary/aromatic N) is 5. The van der Waals surface area contributed by atoms with Crippen LogP contribution < -0.4 is 9.64 Å². The minimum Gasteiger partial charge on any atom is -0.496 e. The van der Waals surface area contributed by atoms with E-state index in [1.165, 1.54) is 6.07 Å². The summed E-state index contributed by atoms with van der Waals surface area (Å²) in [7, 11) is 3.38. The Hall–Kier alpha value is -4.14. The van der Waals surface area contributed by atoms with Crippen molar-refractivity contribution in [2.75, 3.05) is 25.6 Å². The van der Waals surface area contributed by atoms with Gasteiger partial charge in [0.25, 0.3) is 0 Å². The van der Waals surface area contributed by atoms with Crippen molar-refractivity contribution < 1.29 is 13.9 Å². The maximum atomic E-state index is 14.1. The van der Waals surface area contributed by atoms with E-state index in [1.807, 2.05) is 38.1 Å². The Balaban J connectivity index is 1.50. The molecule has 8 nitrogen and oxygen atoms in total. The number of ether oxygens (including phenoxy) is 1. The summed E-state index contributed by atoms with van der Waals surface area (Å²) in [6.45, 7) is 4.58. The van der Waals surface area contributed by atoms with Crippen LogP contribution in [-0.2, 0) is 12.8 Å². The molecule has 0 aliphatic carbocycles. The smallest absolute Gasteiger partial charge is 0.199 e. The van der Waals surface area contributed by atoms with Crippen molar-refractivity contribution in [2.24, 2.45) is 0 Å². The van der Waals surface area contributed by atoms with Crippen LogP contribution in [0.2, 0.25) is 0 Å². The molecule has 0 atom stereocenters. The number of anilines is 1. The van der Waals surface area contributed by atoms with Gasteiger partial charge in [0.05, 0.1) is 7.11 Å². The molecule has 4 aromatic rings. The summed E-state index contributed by atoms with van der Waals surface area (Å²) < 4.78 is 19.7. The van der Waals surface area contributed by atoms with Crippen molar-refractivity contribution in [2.45, 2.75) is 32.6 Å². The Bertz CT molecular complexity index is 1340. The highest BCUT2D eigenvalue weighted by Gasteiger charge is 2.15. The first-order chi connectivity index (χ1) is 17.4. The second-order valence-electron chi connectivity index (χ2n) is 8.89. The Morgan fingerprint density at radius 1 is 1.17 bits per heavy atom. The minimum atomic E-state index is -0.383. The van der Waals surface area contributed by atoms with Crippen LogP contribution in [0.4, 0.5) is 10.2 Å². The van der Waals surface area contributed by atoms with Gasteiger partial charge in [0.2, 0.25) is 0 Å². The summed E-state index contributed by atoms with van der Waals surface area (Å²) in [6.07, 6.45) is 5.26. The quantitative estimate of drug-likeness (QED) is 0.326. The van der Waals surface area contributed by atoms with E-state index in [0.717, 1.165) is 28.8 Å². The van der Waals surface area contributed by atoms with E-state index in [1.54, 1.807) is 37.5 Å². The molecular weight excluding hydrogens is 459 g/mol. The van der Waals surface area contributed by atoms with E-state index in [-0.39, 0.29) is 17.6 Å². The van der Waals surface area contributed by atoms with Gasteiger partial charge in [0.15, 0.2) is 17.5 Å². The van der Waals surface area contributed by atoms with Gasteiger partial charge >= 0.3 is 0 Å². The summed E-state index contributed by atoms with van der Waals surface area (Å²) in [5.74, 6) is 2.21. The third kappa shape index (κ3) is 5.56. The monoisotopic (exact) mass is 488 g/mol. The molecule has 0 aliphatic heterocycles. The predicted molar refractivity (Wildman–Crippen MR) is 136 cm³/mol.